The van der Waals surface area contributed by atoms with Crippen LogP contribution in [0.15, 0.2) is 41.0 Å². The van der Waals surface area contributed by atoms with Gasteiger partial charge in [-0.15, -0.1) is 0 Å². The molecule has 1 heterocycles. The molecule has 1 atom stereocenters. The summed E-state index contributed by atoms with van der Waals surface area (Å²) in [7, 11) is 1.63. The Morgan fingerprint density at radius 3 is 2.90 bits per heavy atom. The molecule has 0 fully saturated rings. The maximum absolute atomic E-state index is 10.8. The first-order valence-electron chi connectivity index (χ1n) is 6.28. The fourth-order valence-electron chi connectivity index (χ4n) is 1.87. The Balaban J connectivity index is 1.96. The summed E-state index contributed by atoms with van der Waals surface area (Å²) in [5.41, 5.74) is 1.25. The van der Waals surface area contributed by atoms with E-state index in [1.54, 1.807) is 7.11 Å². The fourth-order valence-corrected chi connectivity index (χ4v) is 1.87. The highest BCUT2D eigenvalue weighted by Crippen LogP contribution is 2.19. The summed E-state index contributed by atoms with van der Waals surface area (Å²) in [6, 6.07) is 9.41. The molecule has 0 aliphatic rings. The molecule has 2 N–H and O–H groups in total. The van der Waals surface area contributed by atoms with Crippen LogP contribution in [-0.4, -0.2) is 18.2 Å². The molecule has 20 heavy (non-hydrogen) atoms. The first kappa shape index (κ1) is 14.1. The van der Waals surface area contributed by atoms with Gasteiger partial charge in [-0.25, -0.2) is 4.79 Å². The summed E-state index contributed by atoms with van der Waals surface area (Å²) in [5.74, 6) is 0.417. The molecule has 1 aromatic heterocycles. The van der Waals surface area contributed by atoms with Gasteiger partial charge in [0.1, 0.15) is 17.8 Å². The molecule has 0 saturated carbocycles. The summed E-state index contributed by atoms with van der Waals surface area (Å²) >= 11 is 0. The Hall–Kier alpha value is -2.27. The molecule has 5 heteroatoms. The number of nitrogens with one attached hydrogen (secondary N) is 1. The van der Waals surface area contributed by atoms with E-state index in [1.807, 2.05) is 31.2 Å². The van der Waals surface area contributed by atoms with Crippen molar-refractivity contribution in [3.8, 4) is 5.75 Å². The monoisotopic (exact) mass is 275 g/mol. The molecule has 0 aliphatic heterocycles. The van der Waals surface area contributed by atoms with Crippen LogP contribution < -0.4 is 10.1 Å². The number of furan rings is 1. The van der Waals surface area contributed by atoms with Crippen molar-refractivity contribution in [1.29, 1.82) is 0 Å². The zero-order chi connectivity index (χ0) is 14.5. The zero-order valence-corrected chi connectivity index (χ0v) is 11.4. The molecule has 1 unspecified atom stereocenters. The standard InChI is InChI=1S/C15H17NO4/c1-10(11-4-3-5-13(6-11)19-2)16-8-14-7-12(9-20-14)15(17)18/h3-7,9-10,16H,8H2,1-2H3,(H,17,18). The Morgan fingerprint density at radius 1 is 1.45 bits per heavy atom. The second-order valence-corrected chi connectivity index (χ2v) is 4.49. The first-order valence-corrected chi connectivity index (χ1v) is 6.28. The lowest BCUT2D eigenvalue weighted by molar-refractivity contribution is 0.0696. The normalized spacial score (nSPS) is 12.1. The molecule has 0 radical (unpaired) electrons. The molecule has 0 amide bonds. The lowest BCUT2D eigenvalue weighted by Crippen LogP contribution is -2.17. The number of ether oxygens (including phenoxy) is 1. The predicted molar refractivity (Wildman–Crippen MR) is 73.9 cm³/mol. The molecule has 2 rings (SSSR count). The van der Waals surface area contributed by atoms with Crippen LogP contribution >= 0.6 is 0 Å². The van der Waals surface area contributed by atoms with Gasteiger partial charge in [-0.1, -0.05) is 12.1 Å². The lowest BCUT2D eigenvalue weighted by Gasteiger charge is -2.14. The molecular formula is C15H17NO4. The number of hydrogen-bond acceptors (Lipinski definition) is 4. The third kappa shape index (κ3) is 3.39. The van der Waals surface area contributed by atoms with Crippen LogP contribution in [0.25, 0.3) is 0 Å². The van der Waals surface area contributed by atoms with Crippen LogP contribution in [0, 0.1) is 0 Å². The maximum atomic E-state index is 10.8. The van der Waals surface area contributed by atoms with E-state index in [1.165, 1.54) is 12.3 Å². The molecule has 0 spiro atoms. The average Bonchev–Trinajstić information content (AvgIpc) is 2.94. The Morgan fingerprint density at radius 2 is 2.25 bits per heavy atom. The number of benzene rings is 1. The highest BCUT2D eigenvalue weighted by atomic mass is 16.5. The van der Waals surface area contributed by atoms with E-state index in [2.05, 4.69) is 5.32 Å². The number of methoxy groups -OCH3 is 1. The Bertz CT molecular complexity index is 591. The van der Waals surface area contributed by atoms with Gasteiger partial charge >= 0.3 is 5.97 Å². The van der Waals surface area contributed by atoms with Gasteiger partial charge < -0.3 is 19.6 Å². The van der Waals surface area contributed by atoms with Crippen molar-refractivity contribution in [2.75, 3.05) is 7.11 Å². The number of hydrogen-bond donors (Lipinski definition) is 2. The SMILES string of the molecule is COc1cccc(C(C)NCc2cc(C(=O)O)co2)c1. The number of carboxylic acid groups (broad SMARTS) is 1. The van der Waals surface area contributed by atoms with Crippen molar-refractivity contribution in [2.24, 2.45) is 0 Å². The first-order chi connectivity index (χ1) is 9.60. The van der Waals surface area contributed by atoms with Crippen molar-refractivity contribution in [3.63, 3.8) is 0 Å². The average molecular weight is 275 g/mol. The van der Waals surface area contributed by atoms with Crippen molar-refractivity contribution in [2.45, 2.75) is 19.5 Å². The minimum Gasteiger partial charge on any atom is -0.497 e. The van der Waals surface area contributed by atoms with Crippen LogP contribution in [0.3, 0.4) is 0 Å². The van der Waals surface area contributed by atoms with Crippen LogP contribution in [-0.2, 0) is 6.54 Å². The minimum atomic E-state index is -0.985. The van der Waals surface area contributed by atoms with Crippen molar-refractivity contribution < 1.29 is 19.1 Å². The summed E-state index contributed by atoms with van der Waals surface area (Å²) in [5, 5.41) is 12.1. The molecule has 0 saturated heterocycles. The molecule has 106 valence electrons. The van der Waals surface area contributed by atoms with Crippen molar-refractivity contribution in [3.05, 3.63) is 53.5 Å². The maximum Gasteiger partial charge on any atom is 0.338 e. The van der Waals surface area contributed by atoms with Crippen LogP contribution in [0.4, 0.5) is 0 Å². The van der Waals surface area contributed by atoms with Gasteiger partial charge in [0.2, 0.25) is 0 Å². The third-order valence-electron chi connectivity index (χ3n) is 3.08. The van der Waals surface area contributed by atoms with Gasteiger partial charge in [-0.3, -0.25) is 0 Å². The van der Waals surface area contributed by atoms with E-state index in [9.17, 15) is 4.79 Å². The van der Waals surface area contributed by atoms with E-state index in [-0.39, 0.29) is 11.6 Å². The number of aromatic carboxylic acids is 1. The second kappa shape index (κ2) is 6.25. The van der Waals surface area contributed by atoms with Crippen LogP contribution in [0.2, 0.25) is 0 Å². The van der Waals surface area contributed by atoms with Gasteiger partial charge in [0.15, 0.2) is 0 Å². The summed E-state index contributed by atoms with van der Waals surface area (Å²) in [6.45, 7) is 2.49. The summed E-state index contributed by atoms with van der Waals surface area (Å²) in [6.07, 6.45) is 1.25. The molecule has 0 bridgehead atoms. The molecule has 0 aliphatic carbocycles. The smallest absolute Gasteiger partial charge is 0.338 e. The largest absolute Gasteiger partial charge is 0.497 e. The van der Waals surface area contributed by atoms with E-state index in [0.29, 0.717) is 12.3 Å². The van der Waals surface area contributed by atoms with Gasteiger partial charge in [0.25, 0.3) is 0 Å². The zero-order valence-electron chi connectivity index (χ0n) is 11.4. The van der Waals surface area contributed by atoms with Crippen molar-refractivity contribution in [1.82, 2.24) is 5.32 Å². The van der Waals surface area contributed by atoms with E-state index >= 15 is 0 Å². The Labute approximate surface area is 117 Å². The fraction of sp³-hybridized carbons (Fsp3) is 0.267. The van der Waals surface area contributed by atoms with Crippen molar-refractivity contribution >= 4 is 5.97 Å². The third-order valence-corrected chi connectivity index (χ3v) is 3.08. The predicted octanol–water partition coefficient (Wildman–Crippen LogP) is 2.84. The van der Waals surface area contributed by atoms with E-state index < -0.39 is 5.97 Å². The lowest BCUT2D eigenvalue weighted by atomic mass is 10.1. The van der Waals surface area contributed by atoms with Gasteiger partial charge in [0.05, 0.1) is 19.2 Å². The van der Waals surface area contributed by atoms with Crippen LogP contribution in [0.1, 0.15) is 34.6 Å². The number of rotatable bonds is 6. The summed E-state index contributed by atoms with van der Waals surface area (Å²) in [4.78, 5) is 10.8. The molecular weight excluding hydrogens is 258 g/mol. The number of carbonyl (C=O) groups is 1. The molecule has 5 nitrogen and oxygen atoms in total. The minimum absolute atomic E-state index is 0.100. The highest BCUT2D eigenvalue weighted by Gasteiger charge is 2.10. The second-order valence-electron chi connectivity index (χ2n) is 4.49. The number of carboxylic acids is 1. The van der Waals surface area contributed by atoms with Crippen LogP contribution in [0.5, 0.6) is 5.75 Å². The van der Waals surface area contributed by atoms with E-state index in [4.69, 9.17) is 14.3 Å². The Kier molecular flexibility index (Phi) is 4.42. The molecule has 1 aromatic carbocycles. The quantitative estimate of drug-likeness (QED) is 0.848. The van der Waals surface area contributed by atoms with Gasteiger partial charge in [0, 0.05) is 6.04 Å². The van der Waals surface area contributed by atoms with Gasteiger partial charge in [-0.05, 0) is 30.7 Å². The van der Waals surface area contributed by atoms with Gasteiger partial charge in [-0.2, -0.15) is 0 Å². The van der Waals surface area contributed by atoms with E-state index in [0.717, 1.165) is 11.3 Å². The topological polar surface area (TPSA) is 71.7 Å². The highest BCUT2D eigenvalue weighted by molar-refractivity contribution is 5.87. The summed E-state index contributed by atoms with van der Waals surface area (Å²) < 4.78 is 10.4. The molecule has 2 aromatic rings.